The second kappa shape index (κ2) is 5.97. The Hall–Kier alpha value is -0.330. The highest BCUT2D eigenvalue weighted by molar-refractivity contribution is 7.89. The lowest BCUT2D eigenvalue weighted by Gasteiger charge is -2.28. The summed E-state index contributed by atoms with van der Waals surface area (Å²) < 4.78 is 27.0. The summed E-state index contributed by atoms with van der Waals surface area (Å²) in [5, 5.41) is 10.3. The van der Waals surface area contributed by atoms with E-state index in [2.05, 4.69) is 4.72 Å². The first-order valence-corrected chi connectivity index (χ1v) is 8.29. The third-order valence-corrected chi connectivity index (χ3v) is 5.43. The molecule has 0 aromatic heterocycles. The van der Waals surface area contributed by atoms with Crippen molar-refractivity contribution in [3.8, 4) is 0 Å². The number of rotatable bonds is 3. The Labute approximate surface area is 122 Å². The molecule has 7 heteroatoms. The molecule has 4 nitrogen and oxygen atoms in total. The average molecular weight is 324 g/mol. The third kappa shape index (κ3) is 3.61. The molecule has 0 unspecified atom stereocenters. The molecule has 0 spiro atoms. The number of aliphatic hydroxyl groups is 1. The Bertz CT molecular complexity index is 562. The van der Waals surface area contributed by atoms with Gasteiger partial charge < -0.3 is 5.11 Å². The molecule has 1 aliphatic rings. The molecule has 2 N–H and O–H groups in total. The van der Waals surface area contributed by atoms with E-state index in [4.69, 9.17) is 23.2 Å². The van der Waals surface area contributed by atoms with E-state index in [1.165, 1.54) is 18.2 Å². The molecule has 19 heavy (non-hydrogen) atoms. The van der Waals surface area contributed by atoms with Crippen molar-refractivity contribution in [1.82, 2.24) is 4.72 Å². The molecular weight excluding hydrogens is 309 g/mol. The van der Waals surface area contributed by atoms with Crippen LogP contribution >= 0.6 is 23.2 Å². The molecule has 0 bridgehead atoms. The topological polar surface area (TPSA) is 66.4 Å². The fourth-order valence-electron chi connectivity index (χ4n) is 2.20. The maximum atomic E-state index is 12.2. The SMILES string of the molecule is O=S(=O)(N[C@H]1CCCC[C@H]1O)c1ccc(Cl)cc1Cl. The number of hydrogen-bond donors (Lipinski definition) is 2. The molecule has 0 heterocycles. The number of sulfonamides is 1. The van der Waals surface area contributed by atoms with Gasteiger partial charge in [-0.3, -0.25) is 0 Å². The molecule has 2 rings (SSSR count). The standard InChI is InChI=1S/C12H15Cl2NO3S/c13-8-5-6-12(9(14)7-8)19(17,18)15-10-3-1-2-4-11(10)16/h5-7,10-11,15-16H,1-4H2/t10-,11+/m0/s1. The highest BCUT2D eigenvalue weighted by atomic mass is 35.5. The molecule has 1 aliphatic carbocycles. The van der Waals surface area contributed by atoms with Gasteiger partial charge in [0.25, 0.3) is 0 Å². The number of halogens is 2. The lowest BCUT2D eigenvalue weighted by Crippen LogP contribution is -2.45. The summed E-state index contributed by atoms with van der Waals surface area (Å²) in [7, 11) is -3.74. The number of benzene rings is 1. The summed E-state index contributed by atoms with van der Waals surface area (Å²) in [5.41, 5.74) is 0. The monoisotopic (exact) mass is 323 g/mol. The molecule has 106 valence electrons. The van der Waals surface area contributed by atoms with E-state index in [9.17, 15) is 13.5 Å². The summed E-state index contributed by atoms with van der Waals surface area (Å²) in [5.74, 6) is 0. The summed E-state index contributed by atoms with van der Waals surface area (Å²) in [6.45, 7) is 0. The summed E-state index contributed by atoms with van der Waals surface area (Å²) in [6, 6.07) is 3.77. The van der Waals surface area contributed by atoms with Crippen LogP contribution in [-0.4, -0.2) is 25.7 Å². The van der Waals surface area contributed by atoms with Crippen LogP contribution in [0.1, 0.15) is 25.7 Å². The third-order valence-electron chi connectivity index (χ3n) is 3.22. The fourth-order valence-corrected chi connectivity index (χ4v) is 4.28. The van der Waals surface area contributed by atoms with Gasteiger partial charge >= 0.3 is 0 Å². The van der Waals surface area contributed by atoms with E-state index in [-0.39, 0.29) is 9.92 Å². The van der Waals surface area contributed by atoms with Gasteiger partial charge in [0.15, 0.2) is 0 Å². The number of nitrogens with one attached hydrogen (secondary N) is 1. The summed E-state index contributed by atoms with van der Waals surface area (Å²) >= 11 is 11.6. The molecule has 2 atom stereocenters. The Balaban J connectivity index is 2.22. The van der Waals surface area contributed by atoms with Crippen LogP contribution in [0, 0.1) is 0 Å². The van der Waals surface area contributed by atoms with Crippen LogP contribution in [0.15, 0.2) is 23.1 Å². The highest BCUT2D eigenvalue weighted by Crippen LogP contribution is 2.26. The molecule has 1 saturated carbocycles. The van der Waals surface area contributed by atoms with Gasteiger partial charge in [-0.2, -0.15) is 0 Å². The molecule has 1 aromatic rings. The van der Waals surface area contributed by atoms with Crippen molar-refractivity contribution in [2.75, 3.05) is 0 Å². The Morgan fingerprint density at radius 1 is 1.21 bits per heavy atom. The molecule has 0 saturated heterocycles. The second-order valence-corrected chi connectivity index (χ2v) is 7.18. The largest absolute Gasteiger partial charge is 0.391 e. The molecule has 0 radical (unpaired) electrons. The number of hydrogen-bond acceptors (Lipinski definition) is 3. The van der Waals surface area contributed by atoms with Crippen molar-refractivity contribution in [3.63, 3.8) is 0 Å². The maximum absolute atomic E-state index is 12.2. The van der Waals surface area contributed by atoms with Crippen LogP contribution in [0.3, 0.4) is 0 Å². The second-order valence-electron chi connectivity index (χ2n) is 4.65. The molecule has 0 amide bonds. The minimum atomic E-state index is -3.74. The van der Waals surface area contributed by atoms with Crippen molar-refractivity contribution in [2.24, 2.45) is 0 Å². The highest BCUT2D eigenvalue weighted by Gasteiger charge is 2.29. The van der Waals surface area contributed by atoms with Crippen molar-refractivity contribution in [1.29, 1.82) is 0 Å². The zero-order chi connectivity index (χ0) is 14.0. The van der Waals surface area contributed by atoms with Crippen molar-refractivity contribution < 1.29 is 13.5 Å². The van der Waals surface area contributed by atoms with Gasteiger partial charge in [0.05, 0.1) is 11.1 Å². The van der Waals surface area contributed by atoms with Gasteiger partial charge in [-0.1, -0.05) is 36.0 Å². The summed E-state index contributed by atoms with van der Waals surface area (Å²) in [4.78, 5) is -0.0173. The van der Waals surface area contributed by atoms with Crippen LogP contribution in [0.2, 0.25) is 10.0 Å². The van der Waals surface area contributed by atoms with E-state index in [1.54, 1.807) is 0 Å². The predicted octanol–water partition coefficient (Wildman–Crippen LogP) is 2.58. The van der Waals surface area contributed by atoms with E-state index in [0.717, 1.165) is 12.8 Å². The van der Waals surface area contributed by atoms with Gasteiger partial charge in [0.2, 0.25) is 10.0 Å². The average Bonchev–Trinajstić information content (AvgIpc) is 2.31. The smallest absolute Gasteiger partial charge is 0.242 e. The van der Waals surface area contributed by atoms with Crippen LogP contribution < -0.4 is 4.72 Å². The van der Waals surface area contributed by atoms with Crippen LogP contribution in [0.4, 0.5) is 0 Å². The minimum Gasteiger partial charge on any atom is -0.391 e. The molecule has 1 aromatic carbocycles. The normalized spacial score (nSPS) is 24.4. The minimum absolute atomic E-state index is 0.0173. The van der Waals surface area contributed by atoms with E-state index < -0.39 is 22.2 Å². The van der Waals surface area contributed by atoms with Gasteiger partial charge in [0, 0.05) is 11.1 Å². The zero-order valence-electron chi connectivity index (χ0n) is 10.1. The lowest BCUT2D eigenvalue weighted by molar-refractivity contribution is 0.101. The van der Waals surface area contributed by atoms with Crippen LogP contribution in [0.25, 0.3) is 0 Å². The lowest BCUT2D eigenvalue weighted by atomic mass is 9.93. The van der Waals surface area contributed by atoms with E-state index in [0.29, 0.717) is 17.9 Å². The van der Waals surface area contributed by atoms with Gasteiger partial charge in [-0.05, 0) is 31.0 Å². The Morgan fingerprint density at radius 2 is 1.89 bits per heavy atom. The van der Waals surface area contributed by atoms with Gasteiger partial charge in [-0.15, -0.1) is 0 Å². The van der Waals surface area contributed by atoms with Gasteiger partial charge in [0.1, 0.15) is 4.90 Å². The zero-order valence-corrected chi connectivity index (χ0v) is 12.5. The summed E-state index contributed by atoms with van der Waals surface area (Å²) in [6.07, 6.45) is 2.42. The number of aliphatic hydroxyl groups excluding tert-OH is 1. The first kappa shape index (κ1) is 15.1. The van der Waals surface area contributed by atoms with Gasteiger partial charge in [-0.25, -0.2) is 13.1 Å². The van der Waals surface area contributed by atoms with Crippen molar-refractivity contribution in [3.05, 3.63) is 28.2 Å². The first-order valence-electron chi connectivity index (χ1n) is 6.05. The van der Waals surface area contributed by atoms with Crippen LogP contribution in [0.5, 0.6) is 0 Å². The Kier molecular flexibility index (Phi) is 4.74. The maximum Gasteiger partial charge on any atom is 0.242 e. The predicted molar refractivity (Wildman–Crippen MR) is 75.0 cm³/mol. The van der Waals surface area contributed by atoms with E-state index >= 15 is 0 Å². The molecule has 1 fully saturated rings. The van der Waals surface area contributed by atoms with E-state index in [1.807, 2.05) is 0 Å². The molecule has 0 aliphatic heterocycles. The first-order chi connectivity index (χ1) is 8.90. The van der Waals surface area contributed by atoms with Crippen molar-refractivity contribution >= 4 is 33.2 Å². The van der Waals surface area contributed by atoms with Crippen molar-refractivity contribution in [2.45, 2.75) is 42.7 Å². The van der Waals surface area contributed by atoms with Crippen LogP contribution in [-0.2, 0) is 10.0 Å². The molecular formula is C12H15Cl2NO3S. The Morgan fingerprint density at radius 3 is 2.53 bits per heavy atom. The quantitative estimate of drug-likeness (QED) is 0.898. The fraction of sp³-hybridized carbons (Fsp3) is 0.500.